The van der Waals surface area contributed by atoms with Crippen LogP contribution in [0.25, 0.3) is 11.5 Å². The number of oxazole rings is 1. The Labute approximate surface area is 117 Å². The number of rotatable bonds is 5. The standard InChI is InChI=1S/C11H10F2N4O4/c1-17(19-2)10(18)8-7(16-5-20-8)9-14-3-6(4-15-9)21-11(12)13/h3-5,11H,1-2H3. The molecule has 0 saturated carbocycles. The van der Waals surface area contributed by atoms with Crippen LogP contribution in [-0.2, 0) is 4.84 Å². The van der Waals surface area contributed by atoms with Gasteiger partial charge in [-0.3, -0.25) is 9.63 Å². The molecule has 0 spiro atoms. The van der Waals surface area contributed by atoms with E-state index in [0.29, 0.717) is 0 Å². The van der Waals surface area contributed by atoms with Crippen LogP contribution in [0.1, 0.15) is 10.6 Å². The minimum Gasteiger partial charge on any atom is -0.437 e. The summed E-state index contributed by atoms with van der Waals surface area (Å²) < 4.78 is 33.2. The number of alkyl halides is 2. The fraction of sp³-hybridized carbons (Fsp3) is 0.273. The van der Waals surface area contributed by atoms with E-state index in [1.54, 1.807) is 0 Å². The van der Waals surface area contributed by atoms with Crippen molar-refractivity contribution < 1.29 is 27.6 Å². The third kappa shape index (κ3) is 3.28. The Kier molecular flexibility index (Phi) is 4.38. The van der Waals surface area contributed by atoms with Crippen LogP contribution in [0, 0.1) is 0 Å². The number of carbonyl (C=O) groups excluding carboxylic acids is 1. The molecule has 112 valence electrons. The first-order chi connectivity index (χ1) is 10.0. The lowest BCUT2D eigenvalue weighted by molar-refractivity contribution is -0.0772. The van der Waals surface area contributed by atoms with Crippen molar-refractivity contribution in [3.63, 3.8) is 0 Å². The molecule has 0 radical (unpaired) electrons. The summed E-state index contributed by atoms with van der Waals surface area (Å²) in [7, 11) is 2.69. The fourth-order valence-electron chi connectivity index (χ4n) is 1.39. The van der Waals surface area contributed by atoms with Gasteiger partial charge in [0.05, 0.1) is 19.5 Å². The number of hydroxylamine groups is 2. The molecule has 0 aliphatic carbocycles. The van der Waals surface area contributed by atoms with Crippen molar-refractivity contribution in [3.8, 4) is 17.3 Å². The fourth-order valence-corrected chi connectivity index (χ4v) is 1.39. The lowest BCUT2D eigenvalue weighted by Gasteiger charge is -2.11. The van der Waals surface area contributed by atoms with Crippen LogP contribution in [0.2, 0.25) is 0 Å². The zero-order valence-corrected chi connectivity index (χ0v) is 11.0. The number of carbonyl (C=O) groups is 1. The van der Waals surface area contributed by atoms with Crippen LogP contribution < -0.4 is 4.74 Å². The third-order valence-electron chi connectivity index (χ3n) is 2.39. The van der Waals surface area contributed by atoms with E-state index in [2.05, 4.69) is 19.7 Å². The zero-order chi connectivity index (χ0) is 15.4. The summed E-state index contributed by atoms with van der Waals surface area (Å²) in [6.45, 7) is -2.97. The average Bonchev–Trinajstić information content (AvgIpc) is 2.95. The van der Waals surface area contributed by atoms with Gasteiger partial charge < -0.3 is 9.15 Å². The van der Waals surface area contributed by atoms with E-state index in [1.807, 2.05) is 0 Å². The summed E-state index contributed by atoms with van der Waals surface area (Å²) in [5, 5.41) is 0.929. The molecule has 0 bridgehead atoms. The minimum absolute atomic E-state index is 0.0261. The molecule has 0 unspecified atom stereocenters. The molecule has 0 aromatic carbocycles. The number of nitrogens with zero attached hydrogens (tertiary/aromatic N) is 4. The molecule has 0 fully saturated rings. The second-order valence-electron chi connectivity index (χ2n) is 3.64. The lowest BCUT2D eigenvalue weighted by atomic mass is 10.3. The molecule has 2 aromatic heterocycles. The van der Waals surface area contributed by atoms with E-state index >= 15 is 0 Å². The number of aromatic nitrogens is 3. The molecule has 0 aliphatic heterocycles. The Morgan fingerprint density at radius 1 is 1.33 bits per heavy atom. The molecule has 1 amide bonds. The smallest absolute Gasteiger partial charge is 0.387 e. The summed E-state index contributed by atoms with van der Waals surface area (Å²) in [5.41, 5.74) is 0.0625. The van der Waals surface area contributed by atoms with Crippen LogP contribution in [0.15, 0.2) is 23.2 Å². The van der Waals surface area contributed by atoms with E-state index in [9.17, 15) is 13.6 Å². The molecule has 2 heterocycles. The normalized spacial score (nSPS) is 10.7. The molecule has 8 nitrogen and oxygen atoms in total. The van der Waals surface area contributed by atoms with Crippen molar-refractivity contribution >= 4 is 5.91 Å². The first-order valence-electron chi connectivity index (χ1n) is 5.55. The Hall–Kier alpha value is -2.62. The Morgan fingerprint density at radius 2 is 2.00 bits per heavy atom. The molecule has 2 rings (SSSR count). The number of ether oxygens (including phenoxy) is 1. The molecular weight excluding hydrogens is 290 g/mol. The molecule has 2 aromatic rings. The SMILES string of the molecule is CON(C)C(=O)c1ocnc1-c1ncc(OC(F)F)cn1. The van der Waals surface area contributed by atoms with Crippen molar-refractivity contribution in [2.45, 2.75) is 6.61 Å². The Balaban J connectivity index is 2.27. The van der Waals surface area contributed by atoms with Crippen molar-refractivity contribution in [1.82, 2.24) is 20.0 Å². The van der Waals surface area contributed by atoms with Gasteiger partial charge in [0.2, 0.25) is 5.76 Å². The predicted molar refractivity (Wildman–Crippen MR) is 63.3 cm³/mol. The van der Waals surface area contributed by atoms with Crippen LogP contribution in [0.3, 0.4) is 0 Å². The van der Waals surface area contributed by atoms with Crippen LogP contribution >= 0.6 is 0 Å². The summed E-state index contributed by atoms with van der Waals surface area (Å²) in [6.07, 6.45) is 3.12. The van der Waals surface area contributed by atoms with E-state index < -0.39 is 12.5 Å². The lowest BCUT2D eigenvalue weighted by Crippen LogP contribution is -2.25. The van der Waals surface area contributed by atoms with Gasteiger partial charge in [-0.1, -0.05) is 0 Å². The van der Waals surface area contributed by atoms with E-state index in [-0.39, 0.29) is 23.0 Å². The van der Waals surface area contributed by atoms with Crippen molar-refractivity contribution in [1.29, 1.82) is 0 Å². The molecule has 21 heavy (non-hydrogen) atoms. The van der Waals surface area contributed by atoms with Gasteiger partial charge in [-0.15, -0.1) is 0 Å². The second-order valence-corrected chi connectivity index (χ2v) is 3.64. The summed E-state index contributed by atoms with van der Waals surface area (Å²) in [6, 6.07) is 0. The number of halogens is 2. The maximum Gasteiger partial charge on any atom is 0.387 e. The van der Waals surface area contributed by atoms with Crippen molar-refractivity contribution in [2.75, 3.05) is 14.2 Å². The maximum atomic E-state index is 12.0. The first kappa shape index (κ1) is 14.8. The van der Waals surface area contributed by atoms with E-state index in [4.69, 9.17) is 9.25 Å². The van der Waals surface area contributed by atoms with Gasteiger partial charge in [-0.05, 0) is 0 Å². The molecule has 0 aliphatic rings. The molecule has 10 heteroatoms. The van der Waals surface area contributed by atoms with Gasteiger partial charge in [0.15, 0.2) is 23.7 Å². The van der Waals surface area contributed by atoms with Gasteiger partial charge >= 0.3 is 12.5 Å². The van der Waals surface area contributed by atoms with Gasteiger partial charge in [0, 0.05) is 7.05 Å². The number of hydrogen-bond donors (Lipinski definition) is 0. The largest absolute Gasteiger partial charge is 0.437 e. The maximum absolute atomic E-state index is 12.0. The summed E-state index contributed by atoms with van der Waals surface area (Å²) in [5.74, 6) is -0.916. The summed E-state index contributed by atoms with van der Waals surface area (Å²) >= 11 is 0. The summed E-state index contributed by atoms with van der Waals surface area (Å²) in [4.78, 5) is 28.1. The van der Waals surface area contributed by atoms with E-state index in [0.717, 1.165) is 23.9 Å². The average molecular weight is 300 g/mol. The Morgan fingerprint density at radius 3 is 2.57 bits per heavy atom. The third-order valence-corrected chi connectivity index (χ3v) is 2.39. The van der Waals surface area contributed by atoms with Gasteiger partial charge in [0.1, 0.15) is 0 Å². The quantitative estimate of drug-likeness (QED) is 0.770. The van der Waals surface area contributed by atoms with Gasteiger partial charge in [0.25, 0.3) is 0 Å². The zero-order valence-electron chi connectivity index (χ0n) is 11.0. The van der Waals surface area contributed by atoms with Crippen LogP contribution in [0.4, 0.5) is 8.78 Å². The van der Waals surface area contributed by atoms with Crippen LogP contribution in [-0.4, -0.2) is 46.7 Å². The highest BCUT2D eigenvalue weighted by Crippen LogP contribution is 2.21. The topological polar surface area (TPSA) is 90.6 Å². The van der Waals surface area contributed by atoms with Crippen molar-refractivity contribution in [2.24, 2.45) is 0 Å². The van der Waals surface area contributed by atoms with Gasteiger partial charge in [-0.25, -0.2) is 20.0 Å². The molecule has 0 saturated heterocycles. The molecular formula is C11H10F2N4O4. The highest BCUT2D eigenvalue weighted by molar-refractivity contribution is 5.95. The Bertz CT molecular complexity index is 617. The minimum atomic E-state index is -2.97. The first-order valence-corrected chi connectivity index (χ1v) is 5.55. The second kappa shape index (κ2) is 6.22. The molecule has 0 atom stereocenters. The monoisotopic (exact) mass is 300 g/mol. The molecule has 0 N–H and O–H groups in total. The van der Waals surface area contributed by atoms with E-state index in [1.165, 1.54) is 14.2 Å². The van der Waals surface area contributed by atoms with Crippen LogP contribution in [0.5, 0.6) is 5.75 Å². The highest BCUT2D eigenvalue weighted by atomic mass is 19.3. The van der Waals surface area contributed by atoms with Crippen molar-refractivity contribution in [3.05, 3.63) is 24.5 Å². The number of hydrogen-bond acceptors (Lipinski definition) is 7. The van der Waals surface area contributed by atoms with Gasteiger partial charge in [-0.2, -0.15) is 8.78 Å². The number of amides is 1. The highest BCUT2D eigenvalue weighted by Gasteiger charge is 2.23. The predicted octanol–water partition coefficient (Wildman–Crippen LogP) is 1.37.